The zero-order chi connectivity index (χ0) is 10.7. The summed E-state index contributed by atoms with van der Waals surface area (Å²) in [6.07, 6.45) is 2.77. The van der Waals surface area contributed by atoms with Crippen molar-refractivity contribution in [3.05, 3.63) is 48.0 Å². The molecule has 0 heterocycles. The summed E-state index contributed by atoms with van der Waals surface area (Å²) in [7, 11) is 1.00. The monoisotopic (exact) mass is 200 g/mol. The highest BCUT2D eigenvalue weighted by Crippen LogP contribution is 2.40. The van der Waals surface area contributed by atoms with E-state index < -0.39 is 0 Å². The minimum Gasteiger partial charge on any atom is -0.400 e. The lowest BCUT2D eigenvalue weighted by Crippen LogP contribution is -1.78. The Balaban J connectivity index is 0.000000404. The van der Waals surface area contributed by atoms with Crippen molar-refractivity contribution in [2.45, 2.75) is 18.8 Å². The van der Waals surface area contributed by atoms with Crippen LogP contribution in [0, 0.1) is 0 Å². The lowest BCUT2D eigenvalue weighted by Gasteiger charge is -2.00. The number of benzene rings is 2. The standard InChI is InChI=1S/C13H12.CH4O/c1-2-4-12-9-13(11-5-6-11)8-7-10(12)3-1;1-2/h1-4,7-9,11H,5-6H2;2H,1H3. The SMILES string of the molecule is CO.c1ccc2cc(C3CC3)ccc2c1. The number of rotatable bonds is 1. The Kier molecular flexibility index (Phi) is 3.02. The summed E-state index contributed by atoms with van der Waals surface area (Å²) in [5, 5.41) is 9.74. The van der Waals surface area contributed by atoms with Crippen LogP contribution in [0.25, 0.3) is 10.8 Å². The molecule has 0 radical (unpaired) electrons. The second-order valence-electron chi connectivity index (χ2n) is 3.88. The molecule has 2 aromatic rings. The molecule has 1 saturated carbocycles. The van der Waals surface area contributed by atoms with Gasteiger partial charge in [-0.1, -0.05) is 42.5 Å². The first-order valence-corrected chi connectivity index (χ1v) is 5.37. The fraction of sp³-hybridized carbons (Fsp3) is 0.286. The maximum Gasteiger partial charge on any atom is 0.0319 e. The van der Waals surface area contributed by atoms with Crippen LogP contribution in [-0.2, 0) is 0 Å². The van der Waals surface area contributed by atoms with Gasteiger partial charge >= 0.3 is 0 Å². The van der Waals surface area contributed by atoms with Gasteiger partial charge in [-0.25, -0.2) is 0 Å². The van der Waals surface area contributed by atoms with Gasteiger partial charge in [-0.2, -0.15) is 0 Å². The molecule has 1 nitrogen and oxygen atoms in total. The lowest BCUT2D eigenvalue weighted by molar-refractivity contribution is 0.399. The van der Waals surface area contributed by atoms with Crippen LogP contribution in [0.5, 0.6) is 0 Å². The molecule has 78 valence electrons. The van der Waals surface area contributed by atoms with E-state index in [0.29, 0.717) is 0 Å². The minimum atomic E-state index is 0.865. The smallest absolute Gasteiger partial charge is 0.0319 e. The van der Waals surface area contributed by atoms with Crippen LogP contribution in [0.3, 0.4) is 0 Å². The van der Waals surface area contributed by atoms with E-state index in [4.69, 9.17) is 5.11 Å². The number of hydrogen-bond acceptors (Lipinski definition) is 1. The zero-order valence-electron chi connectivity index (χ0n) is 8.98. The topological polar surface area (TPSA) is 20.2 Å². The summed E-state index contributed by atoms with van der Waals surface area (Å²) >= 11 is 0. The van der Waals surface area contributed by atoms with E-state index in [2.05, 4.69) is 42.5 Å². The van der Waals surface area contributed by atoms with Crippen LogP contribution in [-0.4, -0.2) is 12.2 Å². The summed E-state index contributed by atoms with van der Waals surface area (Å²) in [5.74, 6) is 0.865. The number of aliphatic hydroxyl groups excluding tert-OH is 1. The highest BCUT2D eigenvalue weighted by Gasteiger charge is 2.23. The maximum atomic E-state index is 7.00. The van der Waals surface area contributed by atoms with Crippen molar-refractivity contribution in [2.24, 2.45) is 0 Å². The van der Waals surface area contributed by atoms with E-state index in [-0.39, 0.29) is 0 Å². The van der Waals surface area contributed by atoms with Crippen molar-refractivity contribution < 1.29 is 5.11 Å². The average Bonchev–Trinajstić information content (AvgIpc) is 3.15. The van der Waals surface area contributed by atoms with Crippen molar-refractivity contribution in [2.75, 3.05) is 7.11 Å². The molecule has 0 amide bonds. The third kappa shape index (κ3) is 2.18. The number of hydrogen-bond donors (Lipinski definition) is 1. The molecule has 3 rings (SSSR count). The molecular formula is C14H16O. The molecule has 0 atom stereocenters. The van der Waals surface area contributed by atoms with E-state index in [0.717, 1.165) is 13.0 Å². The second-order valence-corrected chi connectivity index (χ2v) is 3.88. The van der Waals surface area contributed by atoms with Crippen LogP contribution in [0.4, 0.5) is 0 Å². The Labute approximate surface area is 90.4 Å². The van der Waals surface area contributed by atoms with E-state index in [1.807, 2.05) is 0 Å². The van der Waals surface area contributed by atoms with Crippen LogP contribution >= 0.6 is 0 Å². The van der Waals surface area contributed by atoms with Gasteiger partial charge in [-0.05, 0) is 35.1 Å². The quantitative estimate of drug-likeness (QED) is 0.748. The third-order valence-corrected chi connectivity index (χ3v) is 2.82. The van der Waals surface area contributed by atoms with Crippen molar-refractivity contribution >= 4 is 10.8 Å². The first kappa shape index (κ1) is 10.2. The van der Waals surface area contributed by atoms with Gasteiger partial charge in [-0.3, -0.25) is 0 Å². The summed E-state index contributed by atoms with van der Waals surface area (Å²) < 4.78 is 0. The predicted octanol–water partition coefficient (Wildman–Crippen LogP) is 3.33. The van der Waals surface area contributed by atoms with Gasteiger partial charge in [0.15, 0.2) is 0 Å². The molecule has 0 aromatic heterocycles. The molecule has 0 saturated heterocycles. The van der Waals surface area contributed by atoms with Crippen molar-refractivity contribution in [3.63, 3.8) is 0 Å². The molecule has 0 unspecified atom stereocenters. The van der Waals surface area contributed by atoms with Crippen molar-refractivity contribution in [1.29, 1.82) is 0 Å². The van der Waals surface area contributed by atoms with Gasteiger partial charge in [0.1, 0.15) is 0 Å². The largest absolute Gasteiger partial charge is 0.400 e. The van der Waals surface area contributed by atoms with E-state index in [1.54, 1.807) is 0 Å². The normalized spacial score (nSPS) is 14.5. The Bertz CT molecular complexity index is 444. The molecule has 2 aromatic carbocycles. The van der Waals surface area contributed by atoms with Crippen molar-refractivity contribution in [1.82, 2.24) is 0 Å². The minimum absolute atomic E-state index is 0.865. The molecule has 1 N–H and O–H groups in total. The van der Waals surface area contributed by atoms with Gasteiger partial charge in [-0.15, -0.1) is 0 Å². The molecule has 0 bridgehead atoms. The molecular weight excluding hydrogens is 184 g/mol. The average molecular weight is 200 g/mol. The first-order chi connectivity index (χ1) is 7.43. The van der Waals surface area contributed by atoms with Crippen LogP contribution in [0.15, 0.2) is 42.5 Å². The Morgan fingerprint density at radius 1 is 0.933 bits per heavy atom. The van der Waals surface area contributed by atoms with Crippen LogP contribution in [0.2, 0.25) is 0 Å². The zero-order valence-corrected chi connectivity index (χ0v) is 8.98. The fourth-order valence-corrected chi connectivity index (χ4v) is 1.88. The summed E-state index contributed by atoms with van der Waals surface area (Å²) in [4.78, 5) is 0. The molecule has 1 aliphatic carbocycles. The second kappa shape index (κ2) is 4.45. The van der Waals surface area contributed by atoms with Gasteiger partial charge in [0.25, 0.3) is 0 Å². The van der Waals surface area contributed by atoms with Gasteiger partial charge in [0, 0.05) is 7.11 Å². The molecule has 1 heteroatoms. The summed E-state index contributed by atoms with van der Waals surface area (Å²) in [5.41, 5.74) is 1.53. The molecule has 0 spiro atoms. The van der Waals surface area contributed by atoms with Gasteiger partial charge in [0.05, 0.1) is 0 Å². The lowest BCUT2D eigenvalue weighted by atomic mass is 10.0. The number of aliphatic hydroxyl groups is 1. The third-order valence-electron chi connectivity index (χ3n) is 2.82. The first-order valence-electron chi connectivity index (χ1n) is 5.37. The van der Waals surface area contributed by atoms with Gasteiger partial charge in [0.2, 0.25) is 0 Å². The maximum absolute atomic E-state index is 7.00. The number of fused-ring (bicyclic) bond motifs is 1. The van der Waals surface area contributed by atoms with E-state index >= 15 is 0 Å². The Morgan fingerprint density at radius 2 is 1.60 bits per heavy atom. The van der Waals surface area contributed by atoms with E-state index in [9.17, 15) is 0 Å². The Hall–Kier alpha value is -1.34. The predicted molar refractivity (Wildman–Crippen MR) is 64.1 cm³/mol. The highest BCUT2D eigenvalue weighted by atomic mass is 16.2. The van der Waals surface area contributed by atoms with E-state index in [1.165, 1.54) is 29.2 Å². The molecule has 0 aliphatic heterocycles. The highest BCUT2D eigenvalue weighted by molar-refractivity contribution is 5.83. The Morgan fingerprint density at radius 3 is 2.27 bits per heavy atom. The molecule has 1 fully saturated rings. The molecule has 1 aliphatic rings. The fourth-order valence-electron chi connectivity index (χ4n) is 1.88. The van der Waals surface area contributed by atoms with Crippen molar-refractivity contribution in [3.8, 4) is 0 Å². The molecule has 15 heavy (non-hydrogen) atoms. The summed E-state index contributed by atoms with van der Waals surface area (Å²) in [6, 6.07) is 15.4. The summed E-state index contributed by atoms with van der Waals surface area (Å²) in [6.45, 7) is 0. The van der Waals surface area contributed by atoms with Gasteiger partial charge < -0.3 is 5.11 Å². The van der Waals surface area contributed by atoms with Crippen LogP contribution < -0.4 is 0 Å². The van der Waals surface area contributed by atoms with Crippen LogP contribution in [0.1, 0.15) is 24.3 Å².